The molecule has 2 rings (SSSR count). The van der Waals surface area contributed by atoms with Crippen molar-refractivity contribution in [3.8, 4) is 0 Å². The van der Waals surface area contributed by atoms with Crippen molar-refractivity contribution in [2.75, 3.05) is 13.1 Å². The van der Waals surface area contributed by atoms with Crippen LogP contribution in [0.2, 0.25) is 0 Å². The van der Waals surface area contributed by atoms with Crippen molar-refractivity contribution >= 4 is 18.3 Å². The van der Waals surface area contributed by atoms with Gasteiger partial charge in [-0.05, 0) is 48.6 Å². The lowest BCUT2D eigenvalue weighted by atomic mass is 9.86. The van der Waals surface area contributed by atoms with Gasteiger partial charge in [0.1, 0.15) is 0 Å². The van der Waals surface area contributed by atoms with Gasteiger partial charge in [-0.2, -0.15) is 0 Å². The fourth-order valence-corrected chi connectivity index (χ4v) is 3.26. The Bertz CT molecular complexity index is 511. The van der Waals surface area contributed by atoms with Crippen LogP contribution in [0.15, 0.2) is 24.3 Å². The average molecular weight is 353 g/mol. The maximum absolute atomic E-state index is 12.4. The van der Waals surface area contributed by atoms with Crippen molar-refractivity contribution in [1.29, 1.82) is 0 Å². The third kappa shape index (κ3) is 5.78. The van der Waals surface area contributed by atoms with E-state index in [0.717, 1.165) is 32.4 Å². The Balaban J connectivity index is 0.00000288. The Hall–Kier alpha value is -1.06. The molecular weight excluding hydrogens is 320 g/mol. The number of hydrogen-bond acceptors (Lipinski definition) is 2. The van der Waals surface area contributed by atoms with Crippen molar-refractivity contribution in [1.82, 2.24) is 4.90 Å². The maximum Gasteiger partial charge on any atom is 0.222 e. The van der Waals surface area contributed by atoms with Gasteiger partial charge in [-0.1, -0.05) is 45.0 Å². The van der Waals surface area contributed by atoms with Gasteiger partial charge >= 0.3 is 0 Å². The monoisotopic (exact) mass is 352 g/mol. The molecular formula is C20H33ClN2O. The summed E-state index contributed by atoms with van der Waals surface area (Å²) >= 11 is 0. The van der Waals surface area contributed by atoms with Gasteiger partial charge in [0.25, 0.3) is 0 Å². The third-order valence-corrected chi connectivity index (χ3v) is 5.08. The SMILES string of the molecule is CC(N)C1CCN(C(=O)CCc2ccc(C(C)(C)C)cc2)CC1.Cl. The van der Waals surface area contributed by atoms with Crippen molar-refractivity contribution in [3.63, 3.8) is 0 Å². The second kappa shape index (κ2) is 8.87. The van der Waals surface area contributed by atoms with Gasteiger partial charge in [0.05, 0.1) is 0 Å². The molecule has 1 unspecified atom stereocenters. The molecule has 1 aromatic carbocycles. The maximum atomic E-state index is 12.4. The second-order valence-corrected chi connectivity index (χ2v) is 8.02. The number of nitrogens with zero attached hydrogens (tertiary/aromatic N) is 1. The van der Waals surface area contributed by atoms with E-state index in [-0.39, 0.29) is 29.8 Å². The van der Waals surface area contributed by atoms with Crippen LogP contribution >= 0.6 is 12.4 Å². The number of benzene rings is 1. The highest BCUT2D eigenvalue weighted by Gasteiger charge is 2.24. The summed E-state index contributed by atoms with van der Waals surface area (Å²) in [6.45, 7) is 10.5. The van der Waals surface area contributed by atoms with Gasteiger partial charge in [-0.3, -0.25) is 4.79 Å². The number of halogens is 1. The van der Waals surface area contributed by atoms with Gasteiger partial charge in [0, 0.05) is 25.6 Å². The summed E-state index contributed by atoms with van der Waals surface area (Å²) in [6.07, 6.45) is 3.53. The number of amides is 1. The minimum atomic E-state index is 0. The lowest BCUT2D eigenvalue weighted by molar-refractivity contribution is -0.132. The Morgan fingerprint density at radius 1 is 1.21 bits per heavy atom. The molecule has 4 heteroatoms. The number of likely N-dealkylation sites (tertiary alicyclic amines) is 1. The molecule has 0 aromatic heterocycles. The quantitative estimate of drug-likeness (QED) is 0.892. The Morgan fingerprint density at radius 2 is 1.75 bits per heavy atom. The highest BCUT2D eigenvalue weighted by atomic mass is 35.5. The van der Waals surface area contributed by atoms with Gasteiger partial charge in [-0.25, -0.2) is 0 Å². The van der Waals surface area contributed by atoms with Crippen molar-refractivity contribution in [2.24, 2.45) is 11.7 Å². The van der Waals surface area contributed by atoms with Crippen LogP contribution in [0.1, 0.15) is 58.1 Å². The lowest BCUT2D eigenvalue weighted by Gasteiger charge is -2.33. The van der Waals surface area contributed by atoms with Crippen molar-refractivity contribution < 1.29 is 4.79 Å². The largest absolute Gasteiger partial charge is 0.343 e. The first-order chi connectivity index (χ1) is 10.8. The molecule has 0 spiro atoms. The molecule has 24 heavy (non-hydrogen) atoms. The van der Waals surface area contributed by atoms with Gasteiger partial charge in [-0.15, -0.1) is 12.4 Å². The van der Waals surface area contributed by atoms with Crippen LogP contribution in [0.4, 0.5) is 0 Å². The van der Waals surface area contributed by atoms with Crippen LogP contribution in [-0.4, -0.2) is 29.9 Å². The first kappa shape index (κ1) is 21.0. The van der Waals surface area contributed by atoms with E-state index in [9.17, 15) is 4.79 Å². The number of rotatable bonds is 4. The third-order valence-electron chi connectivity index (χ3n) is 5.08. The topological polar surface area (TPSA) is 46.3 Å². The van der Waals surface area contributed by atoms with Crippen LogP contribution in [-0.2, 0) is 16.6 Å². The standard InChI is InChI=1S/C20H32N2O.ClH/c1-15(21)17-11-13-22(14-12-17)19(23)10-7-16-5-8-18(9-6-16)20(2,3)4;/h5-6,8-9,15,17H,7,10-14,21H2,1-4H3;1H. The fourth-order valence-electron chi connectivity index (χ4n) is 3.26. The predicted octanol–water partition coefficient (Wildman–Crippen LogP) is 3.92. The van der Waals surface area contributed by atoms with E-state index in [1.54, 1.807) is 0 Å². The van der Waals surface area contributed by atoms with E-state index in [2.05, 4.69) is 52.0 Å². The predicted molar refractivity (Wildman–Crippen MR) is 104 cm³/mol. The molecule has 0 aliphatic carbocycles. The zero-order chi connectivity index (χ0) is 17.0. The number of aryl methyl sites for hydroxylation is 1. The zero-order valence-corrected chi connectivity index (χ0v) is 16.4. The smallest absolute Gasteiger partial charge is 0.222 e. The summed E-state index contributed by atoms with van der Waals surface area (Å²) in [5.74, 6) is 0.858. The first-order valence-electron chi connectivity index (χ1n) is 8.90. The van der Waals surface area contributed by atoms with Crippen LogP contribution in [0, 0.1) is 5.92 Å². The molecule has 1 heterocycles. The highest BCUT2D eigenvalue weighted by molar-refractivity contribution is 5.85. The second-order valence-electron chi connectivity index (χ2n) is 8.02. The molecule has 1 aromatic rings. The normalized spacial score (nSPS) is 17.3. The molecule has 1 atom stereocenters. The van der Waals surface area contributed by atoms with E-state index in [1.807, 2.05) is 4.90 Å². The van der Waals surface area contributed by atoms with Crippen LogP contribution in [0.5, 0.6) is 0 Å². The summed E-state index contributed by atoms with van der Waals surface area (Å²) in [6, 6.07) is 8.95. The van der Waals surface area contributed by atoms with Crippen molar-refractivity contribution in [2.45, 2.75) is 64.8 Å². The van der Waals surface area contributed by atoms with E-state index < -0.39 is 0 Å². The van der Waals surface area contributed by atoms with E-state index in [0.29, 0.717) is 12.3 Å². The summed E-state index contributed by atoms with van der Waals surface area (Å²) in [4.78, 5) is 14.4. The molecule has 1 fully saturated rings. The van der Waals surface area contributed by atoms with Gasteiger partial charge in [0.15, 0.2) is 0 Å². The molecule has 1 aliphatic rings. The molecule has 0 radical (unpaired) electrons. The average Bonchev–Trinajstić information content (AvgIpc) is 2.52. The molecule has 0 bridgehead atoms. The molecule has 0 saturated carbocycles. The van der Waals surface area contributed by atoms with Crippen LogP contribution < -0.4 is 5.73 Å². The number of hydrogen-bond donors (Lipinski definition) is 1. The highest BCUT2D eigenvalue weighted by Crippen LogP contribution is 2.23. The molecule has 2 N–H and O–H groups in total. The summed E-state index contributed by atoms with van der Waals surface area (Å²) < 4.78 is 0. The van der Waals surface area contributed by atoms with E-state index in [4.69, 9.17) is 5.73 Å². The minimum Gasteiger partial charge on any atom is -0.343 e. The number of carbonyl (C=O) groups is 1. The van der Waals surface area contributed by atoms with E-state index in [1.165, 1.54) is 11.1 Å². The lowest BCUT2D eigenvalue weighted by Crippen LogP contribution is -2.42. The number of carbonyl (C=O) groups excluding carboxylic acids is 1. The first-order valence-corrected chi connectivity index (χ1v) is 8.90. The van der Waals surface area contributed by atoms with E-state index >= 15 is 0 Å². The molecule has 136 valence electrons. The van der Waals surface area contributed by atoms with Gasteiger partial charge < -0.3 is 10.6 Å². The summed E-state index contributed by atoms with van der Waals surface area (Å²) in [5.41, 5.74) is 8.73. The van der Waals surface area contributed by atoms with Gasteiger partial charge in [0.2, 0.25) is 5.91 Å². The molecule has 3 nitrogen and oxygen atoms in total. The summed E-state index contributed by atoms with van der Waals surface area (Å²) in [7, 11) is 0. The van der Waals surface area contributed by atoms with Crippen LogP contribution in [0.3, 0.4) is 0 Å². The Morgan fingerprint density at radius 3 is 2.21 bits per heavy atom. The number of piperidine rings is 1. The number of nitrogens with two attached hydrogens (primary N) is 1. The summed E-state index contributed by atoms with van der Waals surface area (Å²) in [5, 5.41) is 0. The van der Waals surface area contributed by atoms with Crippen LogP contribution in [0.25, 0.3) is 0 Å². The molecule has 1 aliphatic heterocycles. The Kier molecular flexibility index (Phi) is 7.75. The molecule has 1 saturated heterocycles. The van der Waals surface area contributed by atoms with Crippen molar-refractivity contribution in [3.05, 3.63) is 35.4 Å². The minimum absolute atomic E-state index is 0. The molecule has 1 amide bonds. The Labute approximate surface area is 153 Å². The fraction of sp³-hybridized carbons (Fsp3) is 0.650. The zero-order valence-electron chi connectivity index (χ0n) is 15.5.